The van der Waals surface area contributed by atoms with Crippen molar-refractivity contribution in [2.45, 2.75) is 32.2 Å². The Morgan fingerprint density at radius 2 is 1.97 bits per heavy atom. The summed E-state index contributed by atoms with van der Waals surface area (Å²) in [5, 5.41) is 6.95. The number of pyridine rings is 1. The number of amides is 1. The molecule has 152 valence electrons. The molecule has 0 aliphatic carbocycles. The zero-order valence-electron chi connectivity index (χ0n) is 17.1. The van der Waals surface area contributed by atoms with Crippen molar-refractivity contribution in [3.63, 3.8) is 0 Å². The number of benzene rings is 1. The molecule has 1 unspecified atom stereocenters. The molecular formula is C22H27N5O2. The van der Waals surface area contributed by atoms with Gasteiger partial charge in [0.15, 0.2) is 0 Å². The summed E-state index contributed by atoms with van der Waals surface area (Å²) in [5.74, 6) is 0.823. The highest BCUT2D eigenvalue weighted by Gasteiger charge is 2.16. The van der Waals surface area contributed by atoms with Gasteiger partial charge in [-0.15, -0.1) is 0 Å². The molecule has 1 amide bonds. The number of nitrogens with zero attached hydrogens (tertiary/aromatic N) is 4. The molecule has 0 spiro atoms. The van der Waals surface area contributed by atoms with Crippen LogP contribution in [0.2, 0.25) is 0 Å². The fourth-order valence-corrected chi connectivity index (χ4v) is 3.05. The number of hydrogen-bond acceptors (Lipinski definition) is 6. The quantitative estimate of drug-likeness (QED) is 0.602. The first kappa shape index (κ1) is 20.7. The number of carbonyl (C=O) groups is 1. The molecule has 0 bridgehead atoms. The molecular weight excluding hydrogens is 366 g/mol. The Labute approximate surface area is 171 Å². The van der Waals surface area contributed by atoms with Crippen molar-refractivity contribution in [2.24, 2.45) is 0 Å². The van der Waals surface area contributed by atoms with Gasteiger partial charge in [-0.25, -0.2) is 0 Å². The first-order chi connectivity index (χ1) is 14.1. The van der Waals surface area contributed by atoms with E-state index in [0.717, 1.165) is 6.42 Å². The molecule has 3 rings (SSSR count). The van der Waals surface area contributed by atoms with Gasteiger partial charge in [-0.1, -0.05) is 42.4 Å². The van der Waals surface area contributed by atoms with Crippen LogP contribution in [-0.4, -0.2) is 46.6 Å². The smallest absolute Gasteiger partial charge is 0.227 e. The van der Waals surface area contributed by atoms with Crippen LogP contribution >= 0.6 is 0 Å². The highest BCUT2D eigenvalue weighted by atomic mass is 16.5. The van der Waals surface area contributed by atoms with Gasteiger partial charge in [0.1, 0.15) is 5.69 Å². The second kappa shape index (κ2) is 9.93. The molecule has 2 heterocycles. The number of likely N-dealkylation sites (N-methyl/N-ethyl adjacent to an activating group) is 1. The second-order valence-corrected chi connectivity index (χ2v) is 7.11. The van der Waals surface area contributed by atoms with E-state index in [1.165, 1.54) is 11.1 Å². The van der Waals surface area contributed by atoms with E-state index in [0.29, 0.717) is 36.8 Å². The third kappa shape index (κ3) is 5.71. The Morgan fingerprint density at radius 1 is 1.17 bits per heavy atom. The minimum atomic E-state index is -0.0420. The summed E-state index contributed by atoms with van der Waals surface area (Å²) in [6.07, 6.45) is 3.37. The van der Waals surface area contributed by atoms with Crippen LogP contribution in [0, 0.1) is 0 Å². The molecule has 29 heavy (non-hydrogen) atoms. The third-order valence-corrected chi connectivity index (χ3v) is 4.82. The van der Waals surface area contributed by atoms with E-state index in [-0.39, 0.29) is 11.9 Å². The summed E-state index contributed by atoms with van der Waals surface area (Å²) in [6, 6.07) is 14.2. The summed E-state index contributed by atoms with van der Waals surface area (Å²) >= 11 is 0. The van der Waals surface area contributed by atoms with Crippen LogP contribution in [0.3, 0.4) is 0 Å². The number of hydrogen-bond donors (Lipinski definition) is 1. The standard InChI is InChI=1S/C22H27N5O2/c1-4-16-8-10-17(11-9-16)19(27(2)3)15-24-20(28)12-13-21-25-22(26-29-21)18-7-5-6-14-23-18/h5-11,14,19H,4,12-13,15H2,1-3H3,(H,24,28). The topological polar surface area (TPSA) is 84.2 Å². The number of carbonyl (C=O) groups excluding carboxylic acids is 1. The van der Waals surface area contributed by atoms with Crippen molar-refractivity contribution >= 4 is 5.91 Å². The van der Waals surface area contributed by atoms with Crippen LogP contribution in [0.5, 0.6) is 0 Å². The van der Waals surface area contributed by atoms with E-state index < -0.39 is 0 Å². The number of aromatic nitrogens is 3. The lowest BCUT2D eigenvalue weighted by atomic mass is 10.0. The van der Waals surface area contributed by atoms with Gasteiger partial charge in [0.05, 0.1) is 6.04 Å². The van der Waals surface area contributed by atoms with Crippen LogP contribution < -0.4 is 5.32 Å². The first-order valence-corrected chi connectivity index (χ1v) is 9.82. The van der Waals surface area contributed by atoms with E-state index in [1.54, 1.807) is 6.20 Å². The molecule has 0 saturated carbocycles. The molecule has 7 heteroatoms. The van der Waals surface area contributed by atoms with Crippen molar-refractivity contribution in [3.8, 4) is 11.5 Å². The second-order valence-electron chi connectivity index (χ2n) is 7.11. The van der Waals surface area contributed by atoms with Crippen LogP contribution in [0.15, 0.2) is 53.2 Å². The van der Waals surface area contributed by atoms with Crippen molar-refractivity contribution in [1.29, 1.82) is 0 Å². The molecule has 0 saturated heterocycles. The molecule has 0 fully saturated rings. The van der Waals surface area contributed by atoms with Gasteiger partial charge in [0.25, 0.3) is 0 Å². The zero-order chi connectivity index (χ0) is 20.6. The molecule has 7 nitrogen and oxygen atoms in total. The van der Waals surface area contributed by atoms with Gasteiger partial charge < -0.3 is 14.7 Å². The molecule has 2 aromatic heterocycles. The summed E-state index contributed by atoms with van der Waals surface area (Å²) in [4.78, 5) is 22.9. The maximum Gasteiger partial charge on any atom is 0.227 e. The van der Waals surface area contributed by atoms with Gasteiger partial charge in [-0.3, -0.25) is 9.78 Å². The molecule has 0 radical (unpaired) electrons. The molecule has 1 N–H and O–H groups in total. The summed E-state index contributed by atoms with van der Waals surface area (Å²) in [6.45, 7) is 2.68. The highest BCUT2D eigenvalue weighted by Crippen LogP contribution is 2.18. The third-order valence-electron chi connectivity index (χ3n) is 4.82. The fraction of sp³-hybridized carbons (Fsp3) is 0.364. The van der Waals surface area contributed by atoms with Crippen molar-refractivity contribution in [3.05, 3.63) is 65.7 Å². The Hall–Kier alpha value is -3.06. The number of nitrogens with one attached hydrogen (secondary N) is 1. The Morgan fingerprint density at radius 3 is 2.62 bits per heavy atom. The van der Waals surface area contributed by atoms with E-state index in [2.05, 4.69) is 56.5 Å². The predicted molar refractivity (Wildman–Crippen MR) is 111 cm³/mol. The lowest BCUT2D eigenvalue weighted by Crippen LogP contribution is -2.34. The first-order valence-electron chi connectivity index (χ1n) is 9.82. The van der Waals surface area contributed by atoms with Crippen LogP contribution in [0.1, 0.15) is 36.4 Å². The predicted octanol–water partition coefficient (Wildman–Crippen LogP) is 3.05. The van der Waals surface area contributed by atoms with Crippen LogP contribution in [0.25, 0.3) is 11.5 Å². The number of rotatable bonds is 9. The molecule has 0 aliphatic heterocycles. The van der Waals surface area contributed by atoms with Crippen LogP contribution in [-0.2, 0) is 17.6 Å². The Balaban J connectivity index is 1.51. The summed E-state index contributed by atoms with van der Waals surface area (Å²) < 4.78 is 5.24. The van der Waals surface area contributed by atoms with E-state index in [9.17, 15) is 4.79 Å². The van der Waals surface area contributed by atoms with Gasteiger partial charge in [0.2, 0.25) is 17.6 Å². The Kier molecular flexibility index (Phi) is 7.08. The fourth-order valence-electron chi connectivity index (χ4n) is 3.05. The van der Waals surface area contributed by atoms with Crippen molar-refractivity contribution < 1.29 is 9.32 Å². The normalized spacial score (nSPS) is 12.1. The Bertz CT molecular complexity index is 906. The van der Waals surface area contributed by atoms with Crippen molar-refractivity contribution in [2.75, 3.05) is 20.6 Å². The van der Waals surface area contributed by atoms with Crippen molar-refractivity contribution in [1.82, 2.24) is 25.3 Å². The van der Waals surface area contributed by atoms with Gasteiger partial charge >= 0.3 is 0 Å². The summed E-state index contributed by atoms with van der Waals surface area (Å²) in [5.41, 5.74) is 3.14. The SMILES string of the molecule is CCc1ccc(C(CNC(=O)CCc2nc(-c3ccccn3)no2)N(C)C)cc1. The lowest BCUT2D eigenvalue weighted by Gasteiger charge is -2.25. The van der Waals surface area contributed by atoms with Gasteiger partial charge in [-0.05, 0) is 43.8 Å². The van der Waals surface area contributed by atoms with Gasteiger partial charge in [0, 0.05) is 25.6 Å². The van der Waals surface area contributed by atoms with E-state index in [4.69, 9.17) is 4.52 Å². The zero-order valence-corrected chi connectivity index (χ0v) is 17.1. The minimum Gasteiger partial charge on any atom is -0.354 e. The highest BCUT2D eigenvalue weighted by molar-refractivity contribution is 5.76. The monoisotopic (exact) mass is 393 g/mol. The molecule has 1 aromatic carbocycles. The van der Waals surface area contributed by atoms with Gasteiger partial charge in [-0.2, -0.15) is 4.98 Å². The lowest BCUT2D eigenvalue weighted by molar-refractivity contribution is -0.121. The minimum absolute atomic E-state index is 0.0420. The largest absolute Gasteiger partial charge is 0.354 e. The summed E-state index contributed by atoms with van der Waals surface area (Å²) in [7, 11) is 4.03. The van der Waals surface area contributed by atoms with E-state index in [1.807, 2.05) is 32.3 Å². The van der Waals surface area contributed by atoms with E-state index >= 15 is 0 Å². The number of aryl methyl sites for hydroxylation is 2. The molecule has 0 aliphatic rings. The van der Waals surface area contributed by atoms with Crippen LogP contribution in [0.4, 0.5) is 0 Å². The maximum atomic E-state index is 12.3. The maximum absolute atomic E-state index is 12.3. The molecule has 1 atom stereocenters. The average Bonchev–Trinajstić information content (AvgIpc) is 3.22. The average molecular weight is 393 g/mol. The molecule has 3 aromatic rings.